The first-order valence-electron chi connectivity index (χ1n) is 8.25. The van der Waals surface area contributed by atoms with E-state index in [-0.39, 0.29) is 5.91 Å². The van der Waals surface area contributed by atoms with E-state index in [1.165, 1.54) is 34.2 Å². The molecule has 2 heterocycles. The van der Waals surface area contributed by atoms with E-state index < -0.39 is 0 Å². The van der Waals surface area contributed by atoms with Crippen LogP contribution in [0.2, 0.25) is 0 Å². The van der Waals surface area contributed by atoms with Gasteiger partial charge in [0.2, 0.25) is 5.91 Å². The largest absolute Gasteiger partial charge is 0.280 e. The number of aromatic nitrogens is 2. The number of fused-ring (bicyclic) bond motifs is 2. The number of carbonyl (C=O) groups is 1. The van der Waals surface area contributed by atoms with Gasteiger partial charge in [0.25, 0.3) is 0 Å². The Kier molecular flexibility index (Phi) is 5.28. The van der Waals surface area contributed by atoms with Gasteiger partial charge in [0.15, 0.2) is 8.68 Å². The average Bonchev–Trinajstić information content (AvgIpc) is 3.07. The predicted molar refractivity (Wildman–Crippen MR) is 110 cm³/mol. The Balaban J connectivity index is 1.64. The van der Waals surface area contributed by atoms with E-state index in [0.717, 1.165) is 32.9 Å². The van der Waals surface area contributed by atoms with Gasteiger partial charge in [-0.15, -0.1) is 10.2 Å². The number of hydrogen-bond donors (Lipinski definition) is 0. The van der Waals surface area contributed by atoms with Crippen LogP contribution in [0, 0.1) is 0 Å². The molecule has 0 bridgehead atoms. The summed E-state index contributed by atoms with van der Waals surface area (Å²) in [7, 11) is 0. The van der Waals surface area contributed by atoms with Crippen LogP contribution >= 0.6 is 34.9 Å². The van der Waals surface area contributed by atoms with Gasteiger partial charge in [0.1, 0.15) is 0 Å². The van der Waals surface area contributed by atoms with Crippen LogP contribution in [0.1, 0.15) is 11.1 Å². The lowest BCUT2D eigenvalue weighted by atomic mass is 10.0. The SMILES string of the molecule is CSc1nnc(SCC(=O)N2c3ccccc3CCc3ccccc32)s1. The quantitative estimate of drug-likeness (QED) is 0.589. The highest BCUT2D eigenvalue weighted by Crippen LogP contribution is 2.37. The van der Waals surface area contributed by atoms with Crippen molar-refractivity contribution in [2.24, 2.45) is 0 Å². The molecule has 0 saturated carbocycles. The van der Waals surface area contributed by atoms with Crippen LogP contribution in [-0.2, 0) is 17.6 Å². The molecule has 0 N–H and O–H groups in total. The number of anilines is 2. The molecule has 0 atom stereocenters. The number of hydrogen-bond acceptors (Lipinski definition) is 6. The van der Waals surface area contributed by atoms with E-state index in [2.05, 4.69) is 22.3 Å². The van der Waals surface area contributed by atoms with Gasteiger partial charge in [-0.3, -0.25) is 9.69 Å². The van der Waals surface area contributed by atoms with Gasteiger partial charge in [-0.05, 0) is 42.4 Å². The molecule has 0 radical (unpaired) electrons. The summed E-state index contributed by atoms with van der Waals surface area (Å²) in [4.78, 5) is 15.1. The summed E-state index contributed by atoms with van der Waals surface area (Å²) in [5.41, 5.74) is 4.40. The summed E-state index contributed by atoms with van der Waals surface area (Å²) >= 11 is 4.56. The van der Waals surface area contributed by atoms with Crippen LogP contribution < -0.4 is 4.90 Å². The number of thioether (sulfide) groups is 2. The van der Waals surface area contributed by atoms with E-state index >= 15 is 0 Å². The topological polar surface area (TPSA) is 46.1 Å². The van der Waals surface area contributed by atoms with Gasteiger partial charge in [0, 0.05) is 0 Å². The summed E-state index contributed by atoms with van der Waals surface area (Å²) in [6.45, 7) is 0. The van der Waals surface area contributed by atoms with E-state index in [1.54, 1.807) is 11.8 Å². The van der Waals surface area contributed by atoms with Crippen molar-refractivity contribution in [1.82, 2.24) is 10.2 Å². The molecular formula is C19H17N3OS3. The van der Waals surface area contributed by atoms with Gasteiger partial charge < -0.3 is 0 Å². The van der Waals surface area contributed by atoms with Crippen molar-refractivity contribution in [3.05, 3.63) is 59.7 Å². The highest BCUT2D eigenvalue weighted by atomic mass is 32.2. The molecule has 3 aromatic rings. The van der Waals surface area contributed by atoms with Gasteiger partial charge in [-0.2, -0.15) is 0 Å². The van der Waals surface area contributed by atoms with Crippen molar-refractivity contribution >= 4 is 52.1 Å². The number of para-hydroxylation sites is 2. The number of amides is 1. The molecule has 0 aliphatic carbocycles. The third-order valence-electron chi connectivity index (χ3n) is 4.26. The summed E-state index contributed by atoms with van der Waals surface area (Å²) < 4.78 is 1.75. The first kappa shape index (κ1) is 17.6. The van der Waals surface area contributed by atoms with Crippen molar-refractivity contribution in [3.63, 3.8) is 0 Å². The number of rotatable bonds is 4. The molecule has 1 amide bonds. The second kappa shape index (κ2) is 7.82. The van der Waals surface area contributed by atoms with Gasteiger partial charge in [0.05, 0.1) is 17.1 Å². The van der Waals surface area contributed by atoms with Crippen LogP contribution in [-0.4, -0.2) is 28.1 Å². The summed E-state index contributed by atoms with van der Waals surface area (Å²) in [5, 5.41) is 8.25. The Labute approximate surface area is 165 Å². The van der Waals surface area contributed by atoms with Crippen molar-refractivity contribution in [3.8, 4) is 0 Å². The average molecular weight is 400 g/mol. The Hall–Kier alpha value is -1.83. The molecule has 4 rings (SSSR count). The standard InChI is InChI=1S/C19H17N3OS3/c1-24-18-20-21-19(26-18)25-12-17(23)22-15-8-4-2-6-13(15)10-11-14-7-3-5-9-16(14)22/h2-9H,10-12H2,1H3. The minimum Gasteiger partial charge on any atom is -0.280 e. The molecule has 1 aliphatic rings. The maximum atomic E-state index is 13.2. The van der Waals surface area contributed by atoms with Crippen molar-refractivity contribution < 1.29 is 4.79 Å². The highest BCUT2D eigenvalue weighted by Gasteiger charge is 2.25. The predicted octanol–water partition coefficient (Wildman–Crippen LogP) is 4.82. The molecule has 0 unspecified atom stereocenters. The molecule has 0 fully saturated rings. The van der Waals surface area contributed by atoms with E-state index in [9.17, 15) is 4.79 Å². The van der Waals surface area contributed by atoms with Gasteiger partial charge in [-0.25, -0.2) is 0 Å². The summed E-state index contributed by atoms with van der Waals surface area (Å²) in [5.74, 6) is 0.406. The minimum atomic E-state index is 0.0673. The van der Waals surface area contributed by atoms with Crippen LogP contribution in [0.3, 0.4) is 0 Å². The van der Waals surface area contributed by atoms with E-state index in [4.69, 9.17) is 0 Å². The molecule has 132 valence electrons. The Morgan fingerprint density at radius 3 is 2.15 bits per heavy atom. The third kappa shape index (κ3) is 3.51. The van der Waals surface area contributed by atoms with Crippen LogP contribution in [0.15, 0.2) is 57.2 Å². The maximum absolute atomic E-state index is 13.2. The molecule has 2 aromatic carbocycles. The van der Waals surface area contributed by atoms with Gasteiger partial charge >= 0.3 is 0 Å². The summed E-state index contributed by atoms with van der Waals surface area (Å²) in [6.07, 6.45) is 3.86. The summed E-state index contributed by atoms with van der Waals surface area (Å²) in [6, 6.07) is 16.4. The van der Waals surface area contributed by atoms with Crippen molar-refractivity contribution in [1.29, 1.82) is 0 Å². The fourth-order valence-corrected chi connectivity index (χ4v) is 5.36. The van der Waals surface area contributed by atoms with Crippen LogP contribution in [0.25, 0.3) is 0 Å². The number of nitrogens with zero attached hydrogens (tertiary/aromatic N) is 3. The molecular weight excluding hydrogens is 382 g/mol. The molecule has 0 spiro atoms. The number of aryl methyl sites for hydroxylation is 2. The Bertz CT molecular complexity index is 894. The van der Waals surface area contributed by atoms with E-state index in [1.807, 2.05) is 47.6 Å². The second-order valence-electron chi connectivity index (χ2n) is 5.81. The zero-order valence-corrected chi connectivity index (χ0v) is 16.7. The first-order valence-corrected chi connectivity index (χ1v) is 11.3. The molecule has 26 heavy (non-hydrogen) atoms. The third-order valence-corrected chi connectivity index (χ3v) is 7.28. The van der Waals surface area contributed by atoms with Crippen LogP contribution in [0.4, 0.5) is 11.4 Å². The number of benzene rings is 2. The smallest absolute Gasteiger partial charge is 0.242 e. The lowest BCUT2D eigenvalue weighted by Crippen LogP contribution is -2.28. The van der Waals surface area contributed by atoms with E-state index in [0.29, 0.717) is 5.75 Å². The lowest BCUT2D eigenvalue weighted by Gasteiger charge is -2.24. The zero-order valence-electron chi connectivity index (χ0n) is 14.2. The molecule has 1 aromatic heterocycles. The zero-order chi connectivity index (χ0) is 17.9. The molecule has 4 nitrogen and oxygen atoms in total. The van der Waals surface area contributed by atoms with Crippen molar-refractivity contribution in [2.45, 2.75) is 21.5 Å². The van der Waals surface area contributed by atoms with Crippen molar-refractivity contribution in [2.75, 3.05) is 16.9 Å². The molecule has 0 saturated heterocycles. The maximum Gasteiger partial charge on any atom is 0.242 e. The number of carbonyl (C=O) groups excluding carboxylic acids is 1. The highest BCUT2D eigenvalue weighted by molar-refractivity contribution is 8.03. The fraction of sp³-hybridized carbons (Fsp3) is 0.211. The fourth-order valence-electron chi connectivity index (χ4n) is 3.07. The molecule has 7 heteroatoms. The van der Waals surface area contributed by atoms with Gasteiger partial charge in [-0.1, -0.05) is 71.3 Å². The Morgan fingerprint density at radius 2 is 1.58 bits per heavy atom. The minimum absolute atomic E-state index is 0.0673. The van der Waals surface area contributed by atoms with Crippen LogP contribution in [0.5, 0.6) is 0 Å². The second-order valence-corrected chi connectivity index (χ2v) is 9.07. The Morgan fingerprint density at radius 1 is 1.00 bits per heavy atom. The first-order chi connectivity index (χ1) is 12.8. The molecule has 1 aliphatic heterocycles. The normalized spacial score (nSPS) is 13.0. The lowest BCUT2D eigenvalue weighted by molar-refractivity contribution is -0.115. The monoisotopic (exact) mass is 399 g/mol.